The maximum Gasteiger partial charge on any atom is 0.227 e. The lowest BCUT2D eigenvalue weighted by Crippen LogP contribution is -2.41. The molecule has 5 nitrogen and oxygen atoms in total. The molecular weight excluding hydrogens is 499 g/mol. The minimum Gasteiger partial charge on any atom is -0.326 e. The summed E-state index contributed by atoms with van der Waals surface area (Å²) in [6.07, 6.45) is 1.02. The maximum absolute atomic E-state index is 12.7. The van der Waals surface area contributed by atoms with Gasteiger partial charge in [0.1, 0.15) is 0 Å². The Balaban J connectivity index is 1.57. The van der Waals surface area contributed by atoms with Gasteiger partial charge in [0.15, 0.2) is 0 Å². The molecule has 0 unspecified atom stereocenters. The lowest BCUT2D eigenvalue weighted by Gasteiger charge is -2.30. The van der Waals surface area contributed by atoms with Crippen LogP contribution >= 0.6 is 34.2 Å². The van der Waals surface area contributed by atoms with Gasteiger partial charge in [-0.25, -0.2) is 12.7 Å². The smallest absolute Gasteiger partial charge is 0.227 e. The van der Waals surface area contributed by atoms with E-state index in [0.717, 1.165) is 9.26 Å². The second kappa shape index (κ2) is 8.89. The van der Waals surface area contributed by atoms with Crippen molar-refractivity contribution >= 4 is 55.8 Å². The lowest BCUT2D eigenvalue weighted by molar-refractivity contribution is -0.120. The molecule has 0 radical (unpaired) electrons. The number of carbonyl (C=O) groups is 1. The molecule has 1 heterocycles. The molecule has 0 aliphatic carbocycles. The number of nitrogens with one attached hydrogen (secondary N) is 1. The Morgan fingerprint density at radius 2 is 1.74 bits per heavy atom. The van der Waals surface area contributed by atoms with Gasteiger partial charge in [0.05, 0.1) is 5.75 Å². The van der Waals surface area contributed by atoms with Gasteiger partial charge in [0.25, 0.3) is 0 Å². The number of sulfonamides is 1. The quantitative estimate of drug-likeness (QED) is 0.606. The third kappa shape index (κ3) is 5.43. The van der Waals surface area contributed by atoms with Crippen molar-refractivity contribution < 1.29 is 13.2 Å². The predicted octanol–water partition coefficient (Wildman–Crippen LogP) is 4.13. The van der Waals surface area contributed by atoms with Crippen LogP contribution < -0.4 is 5.32 Å². The number of rotatable bonds is 5. The molecule has 1 aliphatic heterocycles. The summed E-state index contributed by atoms with van der Waals surface area (Å²) in [5, 5.41) is 3.36. The molecule has 144 valence electrons. The largest absolute Gasteiger partial charge is 0.326 e. The van der Waals surface area contributed by atoms with Crippen LogP contribution in [0, 0.1) is 9.49 Å². The highest BCUT2D eigenvalue weighted by Gasteiger charge is 2.31. The highest BCUT2D eigenvalue weighted by molar-refractivity contribution is 14.1. The molecule has 0 spiro atoms. The predicted molar refractivity (Wildman–Crippen MR) is 116 cm³/mol. The second-order valence-electron chi connectivity index (χ2n) is 6.52. The first-order valence-corrected chi connectivity index (χ1v) is 11.7. The molecule has 0 saturated carbocycles. The molecule has 0 atom stereocenters. The van der Waals surface area contributed by atoms with E-state index in [-0.39, 0.29) is 17.6 Å². The Kier molecular flexibility index (Phi) is 6.78. The minimum absolute atomic E-state index is 0.0561. The molecule has 0 bridgehead atoms. The van der Waals surface area contributed by atoms with Crippen LogP contribution in [0.3, 0.4) is 0 Å². The average molecular weight is 519 g/mol. The van der Waals surface area contributed by atoms with Crippen LogP contribution in [0.25, 0.3) is 0 Å². The Bertz CT molecular complexity index is 911. The van der Waals surface area contributed by atoms with E-state index in [1.807, 2.05) is 24.3 Å². The van der Waals surface area contributed by atoms with Crippen molar-refractivity contribution in [1.29, 1.82) is 0 Å². The Hall–Kier alpha value is -1.16. The summed E-state index contributed by atoms with van der Waals surface area (Å²) in [4.78, 5) is 12.4. The fourth-order valence-electron chi connectivity index (χ4n) is 3.08. The van der Waals surface area contributed by atoms with Crippen LogP contribution in [0.15, 0.2) is 48.5 Å². The number of nitrogens with zero attached hydrogens (tertiary/aromatic N) is 1. The molecular formula is C19H20ClIN2O3S. The summed E-state index contributed by atoms with van der Waals surface area (Å²) in [7, 11) is -3.46. The molecule has 2 aromatic rings. The number of carbonyl (C=O) groups excluding carboxylic acids is 1. The topological polar surface area (TPSA) is 66.5 Å². The normalized spacial score (nSPS) is 16.2. The lowest BCUT2D eigenvalue weighted by atomic mass is 9.97. The van der Waals surface area contributed by atoms with Crippen molar-refractivity contribution in [3.8, 4) is 0 Å². The fraction of sp³-hybridized carbons (Fsp3) is 0.316. The van der Waals surface area contributed by atoms with Crippen LogP contribution in [0.2, 0.25) is 5.02 Å². The van der Waals surface area contributed by atoms with Crippen LogP contribution in [0.4, 0.5) is 5.69 Å². The molecule has 1 saturated heterocycles. The highest BCUT2D eigenvalue weighted by atomic mass is 127. The maximum atomic E-state index is 12.7. The van der Waals surface area contributed by atoms with Gasteiger partial charge in [-0.1, -0.05) is 29.8 Å². The molecule has 27 heavy (non-hydrogen) atoms. The summed E-state index contributed by atoms with van der Waals surface area (Å²) in [5.41, 5.74) is 1.35. The Morgan fingerprint density at radius 3 is 2.37 bits per heavy atom. The van der Waals surface area contributed by atoms with Gasteiger partial charge in [0.2, 0.25) is 15.9 Å². The van der Waals surface area contributed by atoms with Crippen molar-refractivity contribution in [3.63, 3.8) is 0 Å². The third-order valence-corrected chi connectivity index (χ3v) is 7.54. The first-order valence-electron chi connectivity index (χ1n) is 8.63. The monoisotopic (exact) mass is 518 g/mol. The molecule has 1 amide bonds. The molecule has 2 aromatic carbocycles. The number of hydrogen-bond donors (Lipinski definition) is 1. The zero-order chi connectivity index (χ0) is 19.4. The molecule has 1 fully saturated rings. The van der Waals surface area contributed by atoms with Crippen molar-refractivity contribution in [3.05, 3.63) is 62.7 Å². The van der Waals surface area contributed by atoms with Crippen LogP contribution in [0.5, 0.6) is 0 Å². The first-order chi connectivity index (χ1) is 12.8. The number of piperidine rings is 1. The zero-order valence-electron chi connectivity index (χ0n) is 14.6. The number of benzene rings is 2. The SMILES string of the molecule is O=C(Nc1ccc(I)cc1)C1CCN(S(=O)(=O)Cc2ccccc2Cl)CC1. The molecule has 1 aliphatic rings. The van der Waals surface area contributed by atoms with E-state index in [2.05, 4.69) is 27.9 Å². The van der Waals surface area contributed by atoms with Crippen LogP contribution in [0.1, 0.15) is 18.4 Å². The summed E-state index contributed by atoms with van der Waals surface area (Å²) < 4.78 is 27.9. The van der Waals surface area contributed by atoms with Gasteiger partial charge in [-0.05, 0) is 71.3 Å². The van der Waals surface area contributed by atoms with Gasteiger partial charge < -0.3 is 5.32 Å². The molecule has 3 rings (SSSR count). The van der Waals surface area contributed by atoms with E-state index in [9.17, 15) is 13.2 Å². The summed E-state index contributed by atoms with van der Waals surface area (Å²) in [6, 6.07) is 14.6. The number of hydrogen-bond acceptors (Lipinski definition) is 3. The molecule has 1 N–H and O–H groups in total. The van der Waals surface area contributed by atoms with Crippen LogP contribution in [-0.4, -0.2) is 31.7 Å². The fourth-order valence-corrected chi connectivity index (χ4v) is 5.31. The van der Waals surface area contributed by atoms with Crippen molar-refractivity contribution in [1.82, 2.24) is 4.31 Å². The first kappa shape index (κ1) is 20.6. The average Bonchev–Trinajstić information content (AvgIpc) is 2.65. The standard InChI is InChI=1S/C19H20ClIN2O3S/c20-18-4-2-1-3-15(18)13-27(25,26)23-11-9-14(10-12-23)19(24)22-17-7-5-16(21)6-8-17/h1-8,14H,9-13H2,(H,22,24). The van der Waals surface area contributed by atoms with Gasteiger partial charge in [0, 0.05) is 33.3 Å². The van der Waals surface area contributed by atoms with Crippen molar-refractivity contribution in [2.24, 2.45) is 5.92 Å². The summed E-state index contributed by atoms with van der Waals surface area (Å²) >= 11 is 8.29. The number of amides is 1. The Morgan fingerprint density at radius 1 is 1.11 bits per heavy atom. The number of halogens is 2. The summed E-state index contributed by atoms with van der Waals surface area (Å²) in [5.74, 6) is -0.359. The molecule has 8 heteroatoms. The van der Waals surface area contributed by atoms with E-state index in [1.165, 1.54) is 4.31 Å². The second-order valence-corrected chi connectivity index (χ2v) is 10.1. The Labute approximate surface area is 178 Å². The van der Waals surface area contributed by atoms with Gasteiger partial charge in [-0.3, -0.25) is 4.79 Å². The van der Waals surface area contributed by atoms with Crippen molar-refractivity contribution in [2.75, 3.05) is 18.4 Å². The number of anilines is 1. The van der Waals surface area contributed by atoms with E-state index in [1.54, 1.807) is 24.3 Å². The van der Waals surface area contributed by atoms with E-state index in [0.29, 0.717) is 36.5 Å². The third-order valence-electron chi connectivity index (χ3n) is 4.63. The minimum atomic E-state index is -3.46. The van der Waals surface area contributed by atoms with Gasteiger partial charge in [-0.2, -0.15) is 0 Å². The molecule has 0 aromatic heterocycles. The van der Waals surface area contributed by atoms with E-state index >= 15 is 0 Å². The van der Waals surface area contributed by atoms with Gasteiger partial charge >= 0.3 is 0 Å². The van der Waals surface area contributed by atoms with Crippen LogP contribution in [-0.2, 0) is 20.6 Å². The zero-order valence-corrected chi connectivity index (χ0v) is 18.3. The van der Waals surface area contributed by atoms with Crippen molar-refractivity contribution in [2.45, 2.75) is 18.6 Å². The van der Waals surface area contributed by atoms with E-state index < -0.39 is 10.0 Å². The van der Waals surface area contributed by atoms with E-state index in [4.69, 9.17) is 11.6 Å². The highest BCUT2D eigenvalue weighted by Crippen LogP contribution is 2.25. The van der Waals surface area contributed by atoms with Gasteiger partial charge in [-0.15, -0.1) is 0 Å². The summed E-state index contributed by atoms with van der Waals surface area (Å²) in [6.45, 7) is 0.690.